The molecule has 36 heavy (non-hydrogen) atoms. The molecule has 2 aliphatic rings. The zero-order valence-electron chi connectivity index (χ0n) is 18.0. The number of nitrogens with zero attached hydrogens (tertiary/aromatic N) is 2. The Morgan fingerprint density at radius 3 is 1.47 bits per heavy atom. The van der Waals surface area contributed by atoms with E-state index < -0.39 is 34.6 Å². The summed E-state index contributed by atoms with van der Waals surface area (Å²) in [5, 5.41) is 0. The monoisotopic (exact) mass is 671 g/mol. The van der Waals surface area contributed by atoms with Gasteiger partial charge in [0.1, 0.15) is 0 Å². The fourth-order valence-corrected chi connectivity index (χ4v) is 4.07. The number of benzene rings is 1. The van der Waals surface area contributed by atoms with E-state index in [1.807, 2.05) is 24.3 Å². The summed E-state index contributed by atoms with van der Waals surface area (Å²) in [5.41, 5.74) is 3.13. The Labute approximate surface area is 214 Å². The van der Waals surface area contributed by atoms with E-state index in [0.717, 1.165) is 11.0 Å². The first-order valence-electron chi connectivity index (χ1n) is 10.5. The van der Waals surface area contributed by atoms with E-state index in [9.17, 15) is 22.0 Å². The molecule has 0 spiro atoms. The number of aromatic nitrogens is 4. The van der Waals surface area contributed by atoms with Gasteiger partial charge in [-0.1, -0.05) is 0 Å². The fourth-order valence-electron chi connectivity index (χ4n) is 4.07. The Hall–Kier alpha value is -3.84. The third kappa shape index (κ3) is 4.09. The molecule has 5 heterocycles. The van der Waals surface area contributed by atoms with Crippen molar-refractivity contribution in [2.24, 2.45) is 0 Å². The van der Waals surface area contributed by atoms with Gasteiger partial charge in [0.05, 0.1) is 28.3 Å². The minimum Gasteiger partial charge on any atom is -0.355 e. The molecule has 2 N–H and O–H groups in total. The van der Waals surface area contributed by atoms with Crippen LogP contribution >= 0.6 is 0 Å². The van der Waals surface area contributed by atoms with Gasteiger partial charge >= 0.3 is 21.1 Å². The van der Waals surface area contributed by atoms with E-state index >= 15 is 0 Å². The van der Waals surface area contributed by atoms with Crippen LogP contribution in [0.1, 0.15) is 22.8 Å². The second-order valence-electron chi connectivity index (χ2n) is 8.03. The maximum atomic E-state index is 14.7. The van der Waals surface area contributed by atoms with Gasteiger partial charge in [-0.15, -0.1) is 0 Å². The third-order valence-corrected chi connectivity index (χ3v) is 5.65. The van der Waals surface area contributed by atoms with Gasteiger partial charge in [0.15, 0.2) is 23.3 Å². The number of fused-ring (bicyclic) bond motifs is 8. The molecule has 0 fully saturated rings. The Morgan fingerprint density at radius 1 is 0.500 bits per heavy atom. The first kappa shape index (κ1) is 23.9. The van der Waals surface area contributed by atoms with Crippen LogP contribution in [0.3, 0.4) is 0 Å². The maximum absolute atomic E-state index is 14.7. The van der Waals surface area contributed by atoms with Gasteiger partial charge in [-0.05, 0) is 66.8 Å². The average molecular weight is 671 g/mol. The van der Waals surface area contributed by atoms with Crippen LogP contribution in [0.2, 0.25) is 0 Å². The predicted molar refractivity (Wildman–Crippen MR) is 124 cm³/mol. The molecule has 0 saturated heterocycles. The van der Waals surface area contributed by atoms with Gasteiger partial charge in [0.25, 0.3) is 0 Å². The molecular formula is C26H13F5N4Pt+2. The summed E-state index contributed by atoms with van der Waals surface area (Å²) in [4.78, 5) is 15.2. The van der Waals surface area contributed by atoms with Crippen molar-refractivity contribution >= 4 is 46.4 Å². The third-order valence-electron chi connectivity index (χ3n) is 5.65. The van der Waals surface area contributed by atoms with E-state index in [4.69, 9.17) is 0 Å². The Balaban J connectivity index is 0.00000267. The fraction of sp³-hybridized carbons (Fsp3) is 0. The number of hydrogen-bond acceptors (Lipinski definition) is 2. The van der Waals surface area contributed by atoms with Gasteiger partial charge in [-0.3, -0.25) is 0 Å². The SMILES string of the molecule is Fc1c(F)c(F)c(-c2cc3cc4nc(cc5ccc(cc6nc(cc2[nH]3)C=C6)[nH]5)C=C4)c(F)c1F.[Pt+2]. The van der Waals surface area contributed by atoms with Gasteiger partial charge in [-0.25, -0.2) is 31.9 Å². The van der Waals surface area contributed by atoms with Crippen molar-refractivity contribution in [1.82, 2.24) is 19.9 Å². The molecule has 1 aromatic carbocycles. The smallest absolute Gasteiger partial charge is 0.355 e. The van der Waals surface area contributed by atoms with E-state index in [-0.39, 0.29) is 32.1 Å². The van der Waals surface area contributed by atoms with Crippen molar-refractivity contribution in [2.45, 2.75) is 0 Å². The summed E-state index contributed by atoms with van der Waals surface area (Å²) < 4.78 is 70.9. The molecule has 8 bridgehead atoms. The molecule has 4 nitrogen and oxygen atoms in total. The molecule has 0 atom stereocenters. The quantitative estimate of drug-likeness (QED) is 0.112. The number of aromatic amines is 2. The zero-order chi connectivity index (χ0) is 24.3. The van der Waals surface area contributed by atoms with E-state index in [1.165, 1.54) is 12.1 Å². The normalized spacial score (nSPS) is 12.1. The summed E-state index contributed by atoms with van der Waals surface area (Å²) in [5.74, 6) is -10.1. The van der Waals surface area contributed by atoms with Crippen LogP contribution in [0, 0.1) is 29.1 Å². The second kappa shape index (κ2) is 8.99. The largest absolute Gasteiger partial charge is 2.00 e. The molecule has 6 rings (SSSR count). The summed E-state index contributed by atoms with van der Waals surface area (Å²) in [6, 6.07) is 11.8. The maximum Gasteiger partial charge on any atom is 2.00 e. The molecule has 4 aromatic rings. The summed E-state index contributed by atoms with van der Waals surface area (Å²) in [6.07, 6.45) is 6.95. The standard InChI is InChI=1S/C26H13F5N4.Pt/c27-22-21(23(28)25(30)26(31)24(22)29)19-10-18-9-16-4-3-14(33-16)7-12-1-2-13(32-12)8-15-5-6-17(34-15)11-20(19)35-18;/h1-11,32,35H;/q;+2. The molecule has 0 amide bonds. The number of rotatable bonds is 1. The van der Waals surface area contributed by atoms with Crippen LogP contribution in [0.5, 0.6) is 0 Å². The van der Waals surface area contributed by atoms with Crippen LogP contribution < -0.4 is 0 Å². The van der Waals surface area contributed by atoms with Crippen molar-refractivity contribution in [3.63, 3.8) is 0 Å². The summed E-state index contributed by atoms with van der Waals surface area (Å²) in [6.45, 7) is 0. The van der Waals surface area contributed by atoms with Crippen molar-refractivity contribution in [2.75, 3.05) is 0 Å². The molecule has 2 aliphatic heterocycles. The van der Waals surface area contributed by atoms with Gasteiger partial charge in [-0.2, -0.15) is 0 Å². The van der Waals surface area contributed by atoms with Crippen molar-refractivity contribution < 1.29 is 43.0 Å². The van der Waals surface area contributed by atoms with Gasteiger partial charge < -0.3 is 9.97 Å². The number of H-pyrrole nitrogens is 2. The molecule has 0 aliphatic carbocycles. The van der Waals surface area contributed by atoms with E-state index in [2.05, 4.69) is 19.9 Å². The summed E-state index contributed by atoms with van der Waals surface area (Å²) >= 11 is 0. The van der Waals surface area contributed by atoms with E-state index in [0.29, 0.717) is 28.3 Å². The minimum absolute atomic E-state index is 0. The number of halogens is 5. The van der Waals surface area contributed by atoms with E-state index in [1.54, 1.807) is 30.4 Å². The molecular weight excluding hydrogens is 658 g/mol. The zero-order valence-corrected chi connectivity index (χ0v) is 20.2. The van der Waals surface area contributed by atoms with Crippen molar-refractivity contribution in [1.29, 1.82) is 0 Å². The van der Waals surface area contributed by atoms with Crippen LogP contribution in [0.25, 0.3) is 57.5 Å². The average Bonchev–Trinajstić information content (AvgIpc) is 3.62. The van der Waals surface area contributed by atoms with Crippen molar-refractivity contribution in [3.05, 3.63) is 94.3 Å². The topological polar surface area (TPSA) is 57.4 Å². The molecule has 0 radical (unpaired) electrons. The van der Waals surface area contributed by atoms with Gasteiger partial charge in [0.2, 0.25) is 5.82 Å². The van der Waals surface area contributed by atoms with Crippen LogP contribution in [-0.2, 0) is 21.1 Å². The van der Waals surface area contributed by atoms with Crippen LogP contribution in [0.15, 0.2) is 42.5 Å². The Kier molecular flexibility index (Phi) is 5.96. The molecule has 0 saturated carbocycles. The molecule has 3 aromatic heterocycles. The first-order valence-corrected chi connectivity index (χ1v) is 10.5. The predicted octanol–water partition coefficient (Wildman–Crippen LogP) is 7.02. The molecule has 180 valence electrons. The minimum atomic E-state index is -2.21. The van der Waals surface area contributed by atoms with Crippen molar-refractivity contribution in [3.8, 4) is 11.1 Å². The Morgan fingerprint density at radius 2 is 0.944 bits per heavy atom. The Bertz CT molecular complexity index is 1740. The molecule has 0 unspecified atom stereocenters. The molecule has 10 heteroatoms. The van der Waals surface area contributed by atoms with Crippen LogP contribution in [-0.4, -0.2) is 19.9 Å². The van der Waals surface area contributed by atoms with Crippen LogP contribution in [0.4, 0.5) is 22.0 Å². The van der Waals surface area contributed by atoms with Gasteiger partial charge in [0, 0.05) is 27.6 Å². The number of nitrogens with one attached hydrogen (secondary N) is 2. The summed E-state index contributed by atoms with van der Waals surface area (Å²) in [7, 11) is 0. The number of hydrogen-bond donors (Lipinski definition) is 2. The first-order chi connectivity index (χ1) is 16.9. The second-order valence-corrected chi connectivity index (χ2v) is 8.03.